The lowest BCUT2D eigenvalue weighted by molar-refractivity contribution is -0.248. The molecule has 7 heteroatoms. The normalized spacial score (nSPS) is 14.9. The first-order valence-electron chi connectivity index (χ1n) is 4.83. The molecule has 0 N–H and O–H groups in total. The minimum absolute atomic E-state index is 0.454. The third-order valence-electron chi connectivity index (χ3n) is 2.09. The molecule has 1 aromatic rings. The summed E-state index contributed by atoms with van der Waals surface area (Å²) in [7, 11) is 0.803. The van der Waals surface area contributed by atoms with Gasteiger partial charge in [-0.25, -0.2) is 4.79 Å². The summed E-state index contributed by atoms with van der Waals surface area (Å²) in [6.07, 6.45) is -5.07. The zero-order chi connectivity index (χ0) is 13.8. The van der Waals surface area contributed by atoms with Gasteiger partial charge in [0.2, 0.25) is 0 Å². The van der Waals surface area contributed by atoms with E-state index < -0.39 is 23.8 Å². The minimum Gasteiger partial charge on any atom is -0.466 e. The number of halogens is 4. The summed E-state index contributed by atoms with van der Waals surface area (Å²) in [5.41, 5.74) is 0.454. The van der Waals surface area contributed by atoms with Crippen molar-refractivity contribution in [2.75, 3.05) is 7.11 Å². The minimum atomic E-state index is -5.07. The second-order valence-electron chi connectivity index (χ2n) is 3.36. The molecule has 0 radical (unpaired) electrons. The van der Waals surface area contributed by atoms with E-state index in [1.807, 2.05) is 0 Å². The van der Waals surface area contributed by atoms with Gasteiger partial charge in [-0.15, -0.1) is 0 Å². The van der Waals surface area contributed by atoms with Gasteiger partial charge in [0, 0.05) is 0 Å². The van der Waals surface area contributed by atoms with Crippen LogP contribution in [0.2, 0.25) is 0 Å². The predicted octanol–water partition coefficient (Wildman–Crippen LogP) is 2.87. The van der Waals surface area contributed by atoms with Crippen LogP contribution in [0, 0.1) is 0 Å². The molecule has 0 saturated carbocycles. The van der Waals surface area contributed by atoms with E-state index in [1.165, 1.54) is 0 Å². The van der Waals surface area contributed by atoms with Crippen molar-refractivity contribution in [3.8, 4) is 0 Å². The molecule has 0 amide bonds. The van der Waals surface area contributed by atoms with Crippen LogP contribution in [0.5, 0.6) is 0 Å². The molecule has 0 bridgehead atoms. The Kier molecular flexibility index (Phi) is 4.59. The van der Waals surface area contributed by atoms with E-state index in [9.17, 15) is 18.0 Å². The highest BCUT2D eigenvalue weighted by atomic mass is 35.5. The first-order valence-corrected chi connectivity index (χ1v) is 5.21. The van der Waals surface area contributed by atoms with Crippen molar-refractivity contribution in [1.82, 2.24) is 0 Å². The highest BCUT2D eigenvalue weighted by Gasteiger charge is 2.62. The van der Waals surface area contributed by atoms with Crippen LogP contribution in [0.15, 0.2) is 30.3 Å². The summed E-state index contributed by atoms with van der Waals surface area (Å²) in [5, 5.41) is -3.49. The number of alkyl halides is 4. The van der Waals surface area contributed by atoms with Crippen LogP contribution in [0.4, 0.5) is 13.2 Å². The van der Waals surface area contributed by atoms with Crippen molar-refractivity contribution >= 4 is 17.6 Å². The lowest BCUT2D eigenvalue weighted by Crippen LogP contribution is -2.50. The summed E-state index contributed by atoms with van der Waals surface area (Å²) in [4.78, 5) is 11.1. The van der Waals surface area contributed by atoms with E-state index in [0.29, 0.717) is 5.56 Å². The van der Waals surface area contributed by atoms with Crippen molar-refractivity contribution in [2.45, 2.75) is 17.8 Å². The average Bonchev–Trinajstić information content (AvgIpc) is 2.34. The largest absolute Gasteiger partial charge is 0.466 e. The fourth-order valence-corrected chi connectivity index (χ4v) is 1.28. The molecule has 3 nitrogen and oxygen atoms in total. The number of carbonyl (C=O) groups is 1. The Labute approximate surface area is 106 Å². The molecule has 0 aliphatic rings. The lowest BCUT2D eigenvalue weighted by atomic mass is 10.2. The van der Waals surface area contributed by atoms with Crippen molar-refractivity contribution < 1.29 is 27.4 Å². The van der Waals surface area contributed by atoms with Crippen LogP contribution in [0.25, 0.3) is 0 Å². The lowest BCUT2D eigenvalue weighted by Gasteiger charge is -2.26. The molecule has 0 heterocycles. The molecule has 0 aromatic heterocycles. The summed E-state index contributed by atoms with van der Waals surface area (Å²) >= 11 is 5.19. The molecule has 0 aliphatic heterocycles. The fraction of sp³-hybridized carbons (Fsp3) is 0.364. The Morgan fingerprint density at radius 3 is 2.28 bits per heavy atom. The van der Waals surface area contributed by atoms with Gasteiger partial charge in [-0.3, -0.25) is 0 Å². The molecule has 0 saturated heterocycles. The third kappa shape index (κ3) is 3.14. The zero-order valence-electron chi connectivity index (χ0n) is 9.33. The fourth-order valence-electron chi connectivity index (χ4n) is 1.14. The van der Waals surface area contributed by atoms with Crippen LogP contribution in [-0.4, -0.2) is 24.3 Å². The Morgan fingerprint density at radius 1 is 1.28 bits per heavy atom. The number of esters is 1. The maximum atomic E-state index is 12.7. The molecule has 0 fully saturated rings. The molecule has 1 rings (SSSR count). The van der Waals surface area contributed by atoms with Gasteiger partial charge in [0.15, 0.2) is 0 Å². The zero-order valence-corrected chi connectivity index (χ0v) is 10.1. The maximum Gasteiger partial charge on any atom is 0.443 e. The summed E-state index contributed by atoms with van der Waals surface area (Å²) in [6, 6.07) is 8.04. The first kappa shape index (κ1) is 14.8. The average molecular weight is 283 g/mol. The van der Waals surface area contributed by atoms with Gasteiger partial charge in [-0.1, -0.05) is 41.9 Å². The standard InChI is InChI=1S/C11H10ClF3O3/c1-17-9(16)10(12,11(13,14)15)18-7-8-5-3-2-4-6-8/h2-6H,7H2,1H3/t10-/m0/s1. The highest BCUT2D eigenvalue weighted by Crippen LogP contribution is 2.39. The van der Waals surface area contributed by atoms with Crippen LogP contribution < -0.4 is 0 Å². The van der Waals surface area contributed by atoms with Gasteiger partial charge < -0.3 is 9.47 Å². The summed E-state index contributed by atoms with van der Waals surface area (Å²) < 4.78 is 46.6. The number of rotatable bonds is 4. The number of hydrogen-bond donors (Lipinski definition) is 0. The monoisotopic (exact) mass is 282 g/mol. The van der Waals surface area contributed by atoms with E-state index in [0.717, 1.165) is 7.11 Å². The van der Waals surface area contributed by atoms with Crippen molar-refractivity contribution in [2.24, 2.45) is 0 Å². The second kappa shape index (κ2) is 5.58. The van der Waals surface area contributed by atoms with E-state index in [4.69, 9.17) is 11.6 Å². The van der Waals surface area contributed by atoms with Gasteiger partial charge in [0.25, 0.3) is 0 Å². The van der Waals surface area contributed by atoms with E-state index in [-0.39, 0.29) is 0 Å². The van der Waals surface area contributed by atoms with Gasteiger partial charge in [0.05, 0.1) is 13.7 Å². The van der Waals surface area contributed by atoms with E-state index in [2.05, 4.69) is 9.47 Å². The van der Waals surface area contributed by atoms with E-state index >= 15 is 0 Å². The molecule has 18 heavy (non-hydrogen) atoms. The highest BCUT2D eigenvalue weighted by molar-refractivity contribution is 6.33. The van der Waals surface area contributed by atoms with Crippen molar-refractivity contribution in [3.05, 3.63) is 35.9 Å². The summed E-state index contributed by atoms with van der Waals surface area (Å²) in [6.45, 7) is -0.459. The number of methoxy groups -OCH3 is 1. The maximum absolute atomic E-state index is 12.7. The molecule has 0 aliphatic carbocycles. The summed E-state index contributed by atoms with van der Waals surface area (Å²) in [5.74, 6) is -1.70. The number of ether oxygens (including phenoxy) is 2. The Hall–Kier alpha value is -1.27. The van der Waals surface area contributed by atoms with Crippen molar-refractivity contribution in [1.29, 1.82) is 0 Å². The van der Waals surface area contributed by atoms with Gasteiger partial charge in [0.1, 0.15) is 0 Å². The molecule has 0 spiro atoms. The molecular formula is C11H10ClF3O3. The topological polar surface area (TPSA) is 35.5 Å². The van der Waals surface area contributed by atoms with E-state index in [1.54, 1.807) is 30.3 Å². The van der Waals surface area contributed by atoms with Gasteiger partial charge in [-0.2, -0.15) is 13.2 Å². The van der Waals surface area contributed by atoms with Gasteiger partial charge in [-0.05, 0) is 5.56 Å². The van der Waals surface area contributed by atoms with Crippen LogP contribution in [-0.2, 0) is 20.9 Å². The molecule has 0 unspecified atom stereocenters. The Balaban J connectivity index is 2.84. The molecule has 1 aromatic carbocycles. The molecule has 100 valence electrons. The van der Waals surface area contributed by atoms with Crippen LogP contribution in [0.3, 0.4) is 0 Å². The van der Waals surface area contributed by atoms with Crippen molar-refractivity contribution in [3.63, 3.8) is 0 Å². The van der Waals surface area contributed by atoms with Gasteiger partial charge >= 0.3 is 17.2 Å². The van der Waals surface area contributed by atoms with Crippen LogP contribution in [0.1, 0.15) is 5.56 Å². The third-order valence-corrected chi connectivity index (χ3v) is 2.57. The smallest absolute Gasteiger partial charge is 0.443 e. The number of carbonyl (C=O) groups excluding carboxylic acids is 1. The van der Waals surface area contributed by atoms with Crippen LogP contribution >= 0.6 is 11.6 Å². The number of benzene rings is 1. The molecule has 1 atom stereocenters. The quantitative estimate of drug-likeness (QED) is 0.629. The second-order valence-corrected chi connectivity index (χ2v) is 3.89. The number of hydrogen-bond acceptors (Lipinski definition) is 3. The Bertz CT molecular complexity index is 408. The molecular weight excluding hydrogens is 273 g/mol. The SMILES string of the molecule is COC(=O)[C@](Cl)(OCc1ccccc1)C(F)(F)F. The first-order chi connectivity index (χ1) is 8.31. The predicted molar refractivity (Wildman–Crippen MR) is 57.9 cm³/mol. The Morgan fingerprint density at radius 2 is 1.83 bits per heavy atom.